The van der Waals surface area contributed by atoms with Gasteiger partial charge in [-0.15, -0.1) is 0 Å². The number of amides is 2. The molecule has 0 atom stereocenters. The summed E-state index contributed by atoms with van der Waals surface area (Å²) >= 11 is 0. The zero-order valence-electron chi connectivity index (χ0n) is 20.7. The van der Waals surface area contributed by atoms with Gasteiger partial charge in [0.15, 0.2) is 5.69 Å². The molecule has 2 aromatic rings. The van der Waals surface area contributed by atoms with E-state index >= 15 is 0 Å². The number of carbonyl (C=O) groups is 2. The largest absolute Gasteiger partial charge is 0.497 e. The highest BCUT2D eigenvalue weighted by atomic mass is 16.5. The SMILES string of the molecule is COc1cc(CN2CCn3nc(C(=O)N4CCC(N5CCCCC5)CC4)cc3C2=O)cc(OC)c1. The first kappa shape index (κ1) is 23.7. The fourth-order valence-electron chi connectivity index (χ4n) is 5.55. The van der Waals surface area contributed by atoms with Crippen LogP contribution in [0, 0.1) is 0 Å². The summed E-state index contributed by atoms with van der Waals surface area (Å²) in [5.74, 6) is 1.19. The molecule has 0 unspecified atom stereocenters. The van der Waals surface area contributed by atoms with E-state index < -0.39 is 0 Å². The Morgan fingerprint density at radius 2 is 1.60 bits per heavy atom. The Kier molecular flexibility index (Phi) is 6.95. The molecular formula is C26H35N5O4. The van der Waals surface area contributed by atoms with E-state index in [1.54, 1.807) is 29.9 Å². The second-order valence-electron chi connectivity index (χ2n) is 9.71. The predicted molar refractivity (Wildman–Crippen MR) is 131 cm³/mol. The molecule has 3 aliphatic rings. The Morgan fingerprint density at radius 3 is 2.26 bits per heavy atom. The van der Waals surface area contributed by atoms with Crippen LogP contribution in [-0.2, 0) is 13.1 Å². The molecule has 4 heterocycles. The molecule has 2 saturated heterocycles. The summed E-state index contributed by atoms with van der Waals surface area (Å²) in [5, 5.41) is 4.51. The average Bonchev–Trinajstić information content (AvgIpc) is 3.35. The first-order valence-electron chi connectivity index (χ1n) is 12.7. The molecule has 0 spiro atoms. The van der Waals surface area contributed by atoms with Crippen molar-refractivity contribution in [1.29, 1.82) is 0 Å². The van der Waals surface area contributed by atoms with Gasteiger partial charge in [0.2, 0.25) is 0 Å². The van der Waals surface area contributed by atoms with Crippen molar-refractivity contribution in [3.05, 3.63) is 41.2 Å². The monoisotopic (exact) mass is 481 g/mol. The molecule has 0 bridgehead atoms. The second-order valence-corrected chi connectivity index (χ2v) is 9.71. The Hall–Kier alpha value is -3.07. The number of hydrogen-bond donors (Lipinski definition) is 0. The third-order valence-corrected chi connectivity index (χ3v) is 7.53. The van der Waals surface area contributed by atoms with Crippen molar-refractivity contribution >= 4 is 11.8 Å². The van der Waals surface area contributed by atoms with Gasteiger partial charge in [-0.25, -0.2) is 0 Å². The Bertz CT molecular complexity index is 1050. The highest BCUT2D eigenvalue weighted by Gasteiger charge is 2.32. The lowest BCUT2D eigenvalue weighted by atomic mass is 9.99. The maximum atomic E-state index is 13.2. The van der Waals surface area contributed by atoms with Crippen LogP contribution in [0.1, 0.15) is 58.6 Å². The number of carbonyl (C=O) groups excluding carboxylic acids is 2. The van der Waals surface area contributed by atoms with Gasteiger partial charge >= 0.3 is 0 Å². The minimum atomic E-state index is -0.117. The van der Waals surface area contributed by atoms with Gasteiger partial charge in [-0.3, -0.25) is 14.3 Å². The van der Waals surface area contributed by atoms with Crippen LogP contribution in [0.15, 0.2) is 24.3 Å². The lowest BCUT2D eigenvalue weighted by Gasteiger charge is -2.40. The molecule has 3 aliphatic heterocycles. The number of ether oxygens (including phenoxy) is 2. The maximum Gasteiger partial charge on any atom is 0.274 e. The minimum Gasteiger partial charge on any atom is -0.497 e. The molecule has 9 nitrogen and oxygen atoms in total. The summed E-state index contributed by atoms with van der Waals surface area (Å²) in [6.45, 7) is 5.40. The molecule has 1 aromatic heterocycles. The van der Waals surface area contributed by atoms with E-state index in [4.69, 9.17) is 9.47 Å². The molecule has 0 radical (unpaired) electrons. The van der Waals surface area contributed by atoms with Crippen LogP contribution in [-0.4, -0.2) is 89.3 Å². The van der Waals surface area contributed by atoms with Crippen LogP contribution in [0.5, 0.6) is 11.5 Å². The van der Waals surface area contributed by atoms with Crippen LogP contribution < -0.4 is 9.47 Å². The van der Waals surface area contributed by atoms with Crippen LogP contribution in [0.4, 0.5) is 0 Å². The van der Waals surface area contributed by atoms with Crippen molar-refractivity contribution < 1.29 is 19.1 Å². The molecule has 5 rings (SSSR count). The van der Waals surface area contributed by atoms with Crippen LogP contribution in [0.3, 0.4) is 0 Å². The zero-order chi connectivity index (χ0) is 24.4. The highest BCUT2D eigenvalue weighted by Crippen LogP contribution is 2.26. The van der Waals surface area contributed by atoms with Crippen molar-refractivity contribution in [2.24, 2.45) is 0 Å². The predicted octanol–water partition coefficient (Wildman–Crippen LogP) is 2.65. The van der Waals surface area contributed by atoms with Crippen molar-refractivity contribution in [2.75, 3.05) is 46.9 Å². The molecule has 9 heteroatoms. The first-order chi connectivity index (χ1) is 17.1. The average molecular weight is 482 g/mol. The fraction of sp³-hybridized carbons (Fsp3) is 0.577. The van der Waals surface area contributed by atoms with E-state index in [0.717, 1.165) is 31.5 Å². The van der Waals surface area contributed by atoms with Gasteiger partial charge < -0.3 is 24.2 Å². The summed E-state index contributed by atoms with van der Waals surface area (Å²) in [4.78, 5) is 32.7. The van der Waals surface area contributed by atoms with E-state index in [-0.39, 0.29) is 11.8 Å². The number of piperidine rings is 2. The standard InChI is InChI=1S/C26H35N5O4/c1-34-21-14-19(15-22(16-21)35-2)18-30-12-13-31-24(26(30)33)17-23(27-31)25(32)29-10-6-20(7-11-29)28-8-4-3-5-9-28/h14-17,20H,3-13,18H2,1-2H3. The van der Waals surface area contributed by atoms with Gasteiger partial charge in [0, 0.05) is 44.4 Å². The third kappa shape index (κ3) is 5.00. The lowest BCUT2D eigenvalue weighted by Crippen LogP contribution is -2.48. The van der Waals surface area contributed by atoms with E-state index in [9.17, 15) is 9.59 Å². The van der Waals surface area contributed by atoms with Gasteiger partial charge in [-0.05, 0) is 56.5 Å². The number of hydrogen-bond acceptors (Lipinski definition) is 6. The Labute approximate surface area is 206 Å². The molecule has 0 N–H and O–H groups in total. The summed E-state index contributed by atoms with van der Waals surface area (Å²) in [7, 11) is 3.22. The van der Waals surface area contributed by atoms with Gasteiger partial charge in [0.1, 0.15) is 17.2 Å². The fourth-order valence-corrected chi connectivity index (χ4v) is 5.55. The van der Waals surface area contributed by atoms with Gasteiger partial charge in [-0.1, -0.05) is 6.42 Å². The van der Waals surface area contributed by atoms with E-state index in [0.29, 0.717) is 48.6 Å². The first-order valence-corrected chi connectivity index (χ1v) is 12.7. The van der Waals surface area contributed by atoms with Crippen molar-refractivity contribution in [1.82, 2.24) is 24.5 Å². The number of methoxy groups -OCH3 is 2. The minimum absolute atomic E-state index is 0.0686. The van der Waals surface area contributed by atoms with Crippen LogP contribution in [0.2, 0.25) is 0 Å². The van der Waals surface area contributed by atoms with Crippen molar-refractivity contribution in [3.63, 3.8) is 0 Å². The van der Waals surface area contributed by atoms with E-state index in [2.05, 4.69) is 10.00 Å². The molecule has 2 amide bonds. The number of aromatic nitrogens is 2. The summed E-state index contributed by atoms with van der Waals surface area (Å²) < 4.78 is 12.4. The Balaban J connectivity index is 1.23. The van der Waals surface area contributed by atoms with E-state index in [1.165, 1.54) is 32.4 Å². The number of benzene rings is 1. The molecule has 1 aromatic carbocycles. The van der Waals surface area contributed by atoms with Crippen LogP contribution >= 0.6 is 0 Å². The molecular weight excluding hydrogens is 446 g/mol. The lowest BCUT2D eigenvalue weighted by molar-refractivity contribution is 0.0582. The van der Waals surface area contributed by atoms with E-state index in [1.807, 2.05) is 23.1 Å². The summed E-state index contributed by atoms with van der Waals surface area (Å²) in [5.41, 5.74) is 1.77. The molecule has 188 valence electrons. The smallest absolute Gasteiger partial charge is 0.274 e. The second kappa shape index (κ2) is 10.3. The topological polar surface area (TPSA) is 80.1 Å². The van der Waals surface area contributed by atoms with Crippen molar-refractivity contribution in [3.8, 4) is 11.5 Å². The quantitative estimate of drug-likeness (QED) is 0.631. The molecule has 2 fully saturated rings. The van der Waals surface area contributed by atoms with Gasteiger partial charge in [-0.2, -0.15) is 5.10 Å². The van der Waals surface area contributed by atoms with Crippen LogP contribution in [0.25, 0.3) is 0 Å². The maximum absolute atomic E-state index is 13.2. The van der Waals surface area contributed by atoms with Crippen molar-refractivity contribution in [2.45, 2.75) is 51.2 Å². The number of rotatable bonds is 6. The summed E-state index contributed by atoms with van der Waals surface area (Å²) in [6.07, 6.45) is 5.93. The highest BCUT2D eigenvalue weighted by molar-refractivity contribution is 5.98. The summed E-state index contributed by atoms with van der Waals surface area (Å²) in [6, 6.07) is 7.87. The molecule has 0 aliphatic carbocycles. The number of nitrogens with zero attached hydrogens (tertiary/aromatic N) is 5. The Morgan fingerprint density at radius 1 is 0.914 bits per heavy atom. The molecule has 35 heavy (non-hydrogen) atoms. The molecule has 0 saturated carbocycles. The van der Waals surface area contributed by atoms with Gasteiger partial charge in [0.05, 0.1) is 20.8 Å². The third-order valence-electron chi connectivity index (χ3n) is 7.53. The zero-order valence-corrected chi connectivity index (χ0v) is 20.7. The normalized spacial score (nSPS) is 19.5. The number of fused-ring (bicyclic) bond motifs is 1. The van der Waals surface area contributed by atoms with Gasteiger partial charge in [0.25, 0.3) is 11.8 Å². The number of likely N-dealkylation sites (tertiary alicyclic amines) is 2.